The number of benzene rings is 2. The van der Waals surface area contributed by atoms with Crippen LogP contribution in [0.5, 0.6) is 5.75 Å². The van der Waals surface area contributed by atoms with Crippen LogP contribution < -0.4 is 4.74 Å². The summed E-state index contributed by atoms with van der Waals surface area (Å²) in [6, 6.07) is 12.7. The van der Waals surface area contributed by atoms with Gasteiger partial charge in [-0.15, -0.1) is 13.2 Å². The second-order valence-electron chi connectivity index (χ2n) is 5.38. The van der Waals surface area contributed by atoms with Gasteiger partial charge in [0.25, 0.3) is 5.91 Å². The first-order valence-electron chi connectivity index (χ1n) is 7.10. The van der Waals surface area contributed by atoms with Crippen LogP contribution in [0, 0.1) is 0 Å². The van der Waals surface area contributed by atoms with Crippen LogP contribution in [0.25, 0.3) is 0 Å². The highest BCUT2D eigenvalue weighted by atomic mass is 19.4. The molecule has 0 saturated carbocycles. The maximum atomic E-state index is 12.4. The Morgan fingerprint density at radius 2 is 1.74 bits per heavy atom. The summed E-state index contributed by atoms with van der Waals surface area (Å²) < 4.78 is 40.4. The molecule has 0 radical (unpaired) electrons. The number of alkyl halides is 3. The molecule has 23 heavy (non-hydrogen) atoms. The Morgan fingerprint density at radius 1 is 1.09 bits per heavy atom. The normalized spacial score (nSPS) is 15.5. The van der Waals surface area contributed by atoms with Gasteiger partial charge in [-0.1, -0.05) is 30.3 Å². The summed E-state index contributed by atoms with van der Waals surface area (Å²) in [6.07, 6.45) is -4.71. The van der Waals surface area contributed by atoms with Crippen LogP contribution in [0.2, 0.25) is 0 Å². The van der Waals surface area contributed by atoms with E-state index in [9.17, 15) is 18.0 Å². The molecule has 0 aliphatic carbocycles. The quantitative estimate of drug-likeness (QED) is 0.843. The second kappa shape index (κ2) is 5.61. The first kappa shape index (κ1) is 15.4. The van der Waals surface area contributed by atoms with Gasteiger partial charge < -0.3 is 9.64 Å². The molecule has 0 saturated heterocycles. The number of hydrogen-bond donors (Lipinski definition) is 0. The summed E-state index contributed by atoms with van der Waals surface area (Å²) >= 11 is 0. The fourth-order valence-electron chi connectivity index (χ4n) is 2.72. The third kappa shape index (κ3) is 3.16. The summed E-state index contributed by atoms with van der Waals surface area (Å²) in [6.45, 7) is 2.35. The second-order valence-corrected chi connectivity index (χ2v) is 5.38. The summed E-state index contributed by atoms with van der Waals surface area (Å²) in [4.78, 5) is 14.1. The smallest absolute Gasteiger partial charge is 0.406 e. The van der Waals surface area contributed by atoms with E-state index in [4.69, 9.17) is 0 Å². The maximum Gasteiger partial charge on any atom is 0.573 e. The third-order valence-corrected chi connectivity index (χ3v) is 3.91. The van der Waals surface area contributed by atoms with Gasteiger partial charge in [0.15, 0.2) is 0 Å². The van der Waals surface area contributed by atoms with E-state index in [2.05, 4.69) is 4.74 Å². The molecule has 3 rings (SSSR count). The van der Waals surface area contributed by atoms with Gasteiger partial charge in [-0.3, -0.25) is 4.79 Å². The van der Waals surface area contributed by atoms with Crippen LogP contribution >= 0.6 is 0 Å². The highest BCUT2D eigenvalue weighted by molar-refractivity contribution is 5.98. The number of hydrogen-bond acceptors (Lipinski definition) is 2. The van der Waals surface area contributed by atoms with E-state index in [1.165, 1.54) is 12.1 Å². The van der Waals surface area contributed by atoms with Gasteiger partial charge >= 0.3 is 6.36 Å². The third-order valence-electron chi connectivity index (χ3n) is 3.91. The minimum atomic E-state index is -4.71. The van der Waals surface area contributed by atoms with E-state index in [1.54, 1.807) is 23.1 Å². The first-order valence-corrected chi connectivity index (χ1v) is 7.10. The molecule has 0 aromatic heterocycles. The minimum absolute atomic E-state index is 0.0660. The zero-order valence-electron chi connectivity index (χ0n) is 12.3. The molecule has 0 N–H and O–H groups in total. The molecule has 2 aromatic rings. The number of nitrogens with zero attached hydrogens (tertiary/aromatic N) is 1. The molecule has 120 valence electrons. The van der Waals surface area contributed by atoms with Crippen molar-refractivity contribution in [2.45, 2.75) is 25.9 Å². The Bertz CT molecular complexity index is 725. The van der Waals surface area contributed by atoms with E-state index >= 15 is 0 Å². The van der Waals surface area contributed by atoms with Crippen molar-refractivity contribution < 1.29 is 22.7 Å². The molecule has 1 aliphatic heterocycles. The topological polar surface area (TPSA) is 29.5 Å². The molecule has 1 unspecified atom stereocenters. The number of ether oxygens (including phenoxy) is 1. The predicted molar refractivity (Wildman–Crippen MR) is 77.9 cm³/mol. The van der Waals surface area contributed by atoms with Gasteiger partial charge in [0.1, 0.15) is 5.75 Å². The van der Waals surface area contributed by atoms with Crippen molar-refractivity contribution in [1.82, 2.24) is 4.90 Å². The van der Waals surface area contributed by atoms with Crippen LogP contribution in [0.3, 0.4) is 0 Å². The molecule has 0 bridgehead atoms. The molecule has 0 fully saturated rings. The molecule has 1 amide bonds. The summed E-state index contributed by atoms with van der Waals surface area (Å²) in [5.74, 6) is -0.340. The summed E-state index contributed by atoms with van der Waals surface area (Å²) in [5.41, 5.74) is 2.39. The predicted octanol–water partition coefficient (Wildman–Crippen LogP) is 4.30. The molecule has 1 aliphatic rings. The molecule has 2 aromatic carbocycles. The fourth-order valence-corrected chi connectivity index (χ4v) is 2.72. The molecule has 0 spiro atoms. The molecule has 1 atom stereocenters. The van der Waals surface area contributed by atoms with Gasteiger partial charge in [-0.05, 0) is 36.2 Å². The van der Waals surface area contributed by atoms with E-state index in [0.717, 1.165) is 11.1 Å². The lowest BCUT2D eigenvalue weighted by Crippen LogP contribution is -2.27. The van der Waals surface area contributed by atoms with Gasteiger partial charge in [0.05, 0.1) is 6.04 Å². The Morgan fingerprint density at radius 3 is 2.35 bits per heavy atom. The van der Waals surface area contributed by atoms with Crippen molar-refractivity contribution in [2.24, 2.45) is 0 Å². The number of carbonyl (C=O) groups excluding carboxylic acids is 1. The van der Waals surface area contributed by atoms with Crippen LogP contribution in [0.1, 0.15) is 34.5 Å². The number of rotatable bonds is 3. The van der Waals surface area contributed by atoms with Crippen LogP contribution in [-0.4, -0.2) is 17.2 Å². The molecule has 1 heterocycles. The van der Waals surface area contributed by atoms with Crippen molar-refractivity contribution in [3.8, 4) is 5.75 Å². The van der Waals surface area contributed by atoms with Crippen molar-refractivity contribution in [2.75, 3.05) is 0 Å². The maximum absolute atomic E-state index is 12.4. The van der Waals surface area contributed by atoms with Gasteiger partial charge in [-0.25, -0.2) is 0 Å². The minimum Gasteiger partial charge on any atom is -0.406 e. The molecule has 6 heteroatoms. The van der Waals surface area contributed by atoms with Crippen molar-refractivity contribution in [3.63, 3.8) is 0 Å². The molecular formula is C17H14F3NO2. The Kier molecular flexibility index (Phi) is 3.75. The van der Waals surface area contributed by atoms with Crippen LogP contribution in [-0.2, 0) is 6.54 Å². The number of halogens is 3. The summed E-state index contributed by atoms with van der Waals surface area (Å²) in [5, 5.41) is 0. The zero-order chi connectivity index (χ0) is 16.6. The first-order chi connectivity index (χ1) is 10.8. The Balaban J connectivity index is 1.77. The van der Waals surface area contributed by atoms with Crippen molar-refractivity contribution in [1.29, 1.82) is 0 Å². The molecular weight excluding hydrogens is 307 g/mol. The Hall–Kier alpha value is -2.50. The highest BCUT2D eigenvalue weighted by Gasteiger charge is 2.32. The number of carbonyl (C=O) groups is 1. The number of amides is 1. The summed E-state index contributed by atoms with van der Waals surface area (Å²) in [7, 11) is 0. The standard InChI is InChI=1S/C17H14F3NO2/c1-11(12-6-8-14(9-7-12)23-17(18,19)20)21-10-13-4-2-3-5-15(13)16(21)22/h2-9,11H,10H2,1H3. The van der Waals surface area contributed by atoms with E-state index in [0.29, 0.717) is 12.1 Å². The van der Waals surface area contributed by atoms with Gasteiger partial charge in [-0.2, -0.15) is 0 Å². The number of fused-ring (bicyclic) bond motifs is 1. The van der Waals surface area contributed by atoms with Gasteiger partial charge in [0, 0.05) is 12.1 Å². The largest absolute Gasteiger partial charge is 0.573 e. The lowest BCUT2D eigenvalue weighted by atomic mass is 10.1. The lowest BCUT2D eigenvalue weighted by Gasteiger charge is -2.25. The monoisotopic (exact) mass is 321 g/mol. The lowest BCUT2D eigenvalue weighted by molar-refractivity contribution is -0.274. The Labute approximate surface area is 131 Å². The van der Waals surface area contributed by atoms with E-state index < -0.39 is 6.36 Å². The highest BCUT2D eigenvalue weighted by Crippen LogP contribution is 2.32. The van der Waals surface area contributed by atoms with Crippen molar-refractivity contribution in [3.05, 3.63) is 65.2 Å². The van der Waals surface area contributed by atoms with Gasteiger partial charge in [0.2, 0.25) is 0 Å². The van der Waals surface area contributed by atoms with E-state index in [-0.39, 0.29) is 17.7 Å². The van der Waals surface area contributed by atoms with Crippen molar-refractivity contribution >= 4 is 5.91 Å². The average molecular weight is 321 g/mol. The molecule has 3 nitrogen and oxygen atoms in total. The van der Waals surface area contributed by atoms with E-state index in [1.807, 2.05) is 25.1 Å². The van der Waals surface area contributed by atoms with Crippen LogP contribution in [0.15, 0.2) is 48.5 Å². The average Bonchev–Trinajstić information content (AvgIpc) is 2.83. The van der Waals surface area contributed by atoms with Crippen LogP contribution in [0.4, 0.5) is 13.2 Å². The fraction of sp³-hybridized carbons (Fsp3) is 0.235. The SMILES string of the molecule is CC(c1ccc(OC(F)(F)F)cc1)N1Cc2ccccc2C1=O. The zero-order valence-corrected chi connectivity index (χ0v) is 12.3.